The summed E-state index contributed by atoms with van der Waals surface area (Å²) in [6.45, 7) is 0. The number of halogens is 2. The van der Waals surface area contributed by atoms with Gasteiger partial charge in [0.2, 0.25) is 0 Å². The van der Waals surface area contributed by atoms with Crippen LogP contribution in [0.15, 0.2) is 60.7 Å². The Morgan fingerprint density at radius 2 is 1.52 bits per heavy atom. The molecular weight excluding hydrogens is 305 g/mol. The Morgan fingerprint density at radius 1 is 0.857 bits per heavy atom. The Labute approximate surface area is 132 Å². The van der Waals surface area contributed by atoms with E-state index in [0.717, 1.165) is 16.5 Å². The van der Waals surface area contributed by atoms with Crippen molar-refractivity contribution in [3.05, 3.63) is 76.3 Å². The highest BCUT2D eigenvalue weighted by molar-refractivity contribution is 6.35. The molecular formula is C17H11Cl2NO. The van der Waals surface area contributed by atoms with Crippen molar-refractivity contribution in [1.82, 2.24) is 0 Å². The van der Waals surface area contributed by atoms with E-state index < -0.39 is 0 Å². The number of nitrogens with one attached hydrogen (secondary N) is 1. The summed E-state index contributed by atoms with van der Waals surface area (Å²) in [5.41, 5.74) is 1.19. The van der Waals surface area contributed by atoms with Gasteiger partial charge in [0.25, 0.3) is 5.91 Å². The van der Waals surface area contributed by atoms with E-state index in [1.807, 2.05) is 42.5 Å². The second-order valence-corrected chi connectivity index (χ2v) is 5.51. The SMILES string of the molecule is O=C(Nc1cccc2ccccc12)c1cc(Cl)cc(Cl)c1. The van der Waals surface area contributed by atoms with Crippen molar-refractivity contribution in [3.63, 3.8) is 0 Å². The maximum absolute atomic E-state index is 12.3. The Bertz CT molecular complexity index is 804. The molecule has 0 atom stereocenters. The molecule has 104 valence electrons. The number of benzene rings is 3. The van der Waals surface area contributed by atoms with Crippen LogP contribution in [0.3, 0.4) is 0 Å². The van der Waals surface area contributed by atoms with Gasteiger partial charge < -0.3 is 5.32 Å². The van der Waals surface area contributed by atoms with E-state index in [2.05, 4.69) is 5.32 Å². The highest BCUT2D eigenvalue weighted by Crippen LogP contribution is 2.24. The van der Waals surface area contributed by atoms with Crippen LogP contribution < -0.4 is 5.32 Å². The molecule has 0 heterocycles. The smallest absolute Gasteiger partial charge is 0.255 e. The van der Waals surface area contributed by atoms with Crippen molar-refractivity contribution >= 4 is 45.6 Å². The van der Waals surface area contributed by atoms with E-state index in [4.69, 9.17) is 23.2 Å². The summed E-state index contributed by atoms with van der Waals surface area (Å²) < 4.78 is 0. The largest absolute Gasteiger partial charge is 0.321 e. The topological polar surface area (TPSA) is 29.1 Å². The number of carbonyl (C=O) groups excluding carboxylic acids is 1. The predicted octanol–water partition coefficient (Wildman–Crippen LogP) is 5.40. The van der Waals surface area contributed by atoms with E-state index >= 15 is 0 Å². The lowest BCUT2D eigenvalue weighted by Crippen LogP contribution is -2.12. The Morgan fingerprint density at radius 3 is 2.29 bits per heavy atom. The molecule has 3 aromatic carbocycles. The van der Waals surface area contributed by atoms with Crippen LogP contribution in [0.25, 0.3) is 10.8 Å². The van der Waals surface area contributed by atoms with Crippen LogP contribution in [0, 0.1) is 0 Å². The fourth-order valence-corrected chi connectivity index (χ4v) is 2.74. The highest BCUT2D eigenvalue weighted by atomic mass is 35.5. The number of anilines is 1. The maximum Gasteiger partial charge on any atom is 0.255 e. The van der Waals surface area contributed by atoms with Crippen LogP contribution in [0.5, 0.6) is 0 Å². The summed E-state index contributed by atoms with van der Waals surface area (Å²) in [4.78, 5) is 12.3. The van der Waals surface area contributed by atoms with E-state index in [1.54, 1.807) is 18.2 Å². The van der Waals surface area contributed by atoms with Gasteiger partial charge in [-0.05, 0) is 29.7 Å². The van der Waals surface area contributed by atoms with E-state index in [-0.39, 0.29) is 5.91 Å². The standard InChI is InChI=1S/C17H11Cl2NO/c18-13-8-12(9-14(19)10-13)17(21)20-16-7-3-5-11-4-1-2-6-15(11)16/h1-10H,(H,20,21). The van der Waals surface area contributed by atoms with Gasteiger partial charge in [-0.15, -0.1) is 0 Å². The van der Waals surface area contributed by atoms with Gasteiger partial charge in [0, 0.05) is 26.7 Å². The summed E-state index contributed by atoms with van der Waals surface area (Å²) in [5.74, 6) is -0.240. The van der Waals surface area contributed by atoms with Crippen molar-refractivity contribution in [1.29, 1.82) is 0 Å². The molecule has 0 saturated carbocycles. The minimum atomic E-state index is -0.240. The van der Waals surface area contributed by atoms with E-state index in [0.29, 0.717) is 15.6 Å². The Balaban J connectivity index is 1.96. The molecule has 3 rings (SSSR count). The summed E-state index contributed by atoms with van der Waals surface area (Å²) >= 11 is 11.9. The van der Waals surface area contributed by atoms with Crippen molar-refractivity contribution in [2.24, 2.45) is 0 Å². The van der Waals surface area contributed by atoms with Crippen molar-refractivity contribution in [3.8, 4) is 0 Å². The van der Waals surface area contributed by atoms with Gasteiger partial charge >= 0.3 is 0 Å². The average Bonchev–Trinajstić information content (AvgIpc) is 2.46. The normalized spacial score (nSPS) is 10.6. The number of hydrogen-bond acceptors (Lipinski definition) is 1. The van der Waals surface area contributed by atoms with Crippen molar-refractivity contribution in [2.75, 3.05) is 5.32 Å². The summed E-state index contributed by atoms with van der Waals surface area (Å²) in [6, 6.07) is 18.4. The molecule has 0 unspecified atom stereocenters. The minimum absolute atomic E-state index is 0.240. The molecule has 0 aromatic heterocycles. The van der Waals surface area contributed by atoms with Gasteiger partial charge in [-0.2, -0.15) is 0 Å². The monoisotopic (exact) mass is 315 g/mol. The second kappa shape index (κ2) is 5.76. The third kappa shape index (κ3) is 3.02. The maximum atomic E-state index is 12.3. The van der Waals surface area contributed by atoms with Crippen LogP contribution in [0.2, 0.25) is 10.0 Å². The third-order valence-electron chi connectivity index (χ3n) is 3.16. The number of hydrogen-bond donors (Lipinski definition) is 1. The number of amides is 1. The summed E-state index contributed by atoms with van der Waals surface area (Å²) in [7, 11) is 0. The fraction of sp³-hybridized carbons (Fsp3) is 0. The summed E-state index contributed by atoms with van der Waals surface area (Å²) in [5, 5.41) is 5.83. The highest BCUT2D eigenvalue weighted by Gasteiger charge is 2.10. The molecule has 0 fully saturated rings. The molecule has 0 aliphatic rings. The van der Waals surface area contributed by atoms with Crippen LogP contribution in [-0.2, 0) is 0 Å². The predicted molar refractivity (Wildman–Crippen MR) is 88.4 cm³/mol. The molecule has 0 aliphatic carbocycles. The fourth-order valence-electron chi connectivity index (χ4n) is 2.21. The molecule has 0 saturated heterocycles. The van der Waals surface area contributed by atoms with Crippen LogP contribution in [-0.4, -0.2) is 5.91 Å². The molecule has 0 aliphatic heterocycles. The van der Waals surface area contributed by atoms with Gasteiger partial charge in [0.1, 0.15) is 0 Å². The van der Waals surface area contributed by atoms with Gasteiger partial charge in [-0.1, -0.05) is 59.6 Å². The van der Waals surface area contributed by atoms with Crippen LogP contribution in [0.1, 0.15) is 10.4 Å². The number of fused-ring (bicyclic) bond motifs is 1. The molecule has 2 nitrogen and oxygen atoms in total. The molecule has 0 spiro atoms. The van der Waals surface area contributed by atoms with Crippen LogP contribution >= 0.6 is 23.2 Å². The first-order valence-electron chi connectivity index (χ1n) is 6.39. The molecule has 1 amide bonds. The van der Waals surface area contributed by atoms with Crippen LogP contribution in [0.4, 0.5) is 5.69 Å². The lowest BCUT2D eigenvalue weighted by atomic mass is 10.1. The van der Waals surface area contributed by atoms with E-state index in [9.17, 15) is 4.79 Å². The number of rotatable bonds is 2. The third-order valence-corrected chi connectivity index (χ3v) is 3.60. The zero-order valence-corrected chi connectivity index (χ0v) is 12.4. The van der Waals surface area contributed by atoms with Gasteiger partial charge in [0.05, 0.1) is 0 Å². The first-order valence-corrected chi connectivity index (χ1v) is 7.14. The molecule has 21 heavy (non-hydrogen) atoms. The molecule has 0 bridgehead atoms. The second-order valence-electron chi connectivity index (χ2n) is 4.64. The lowest BCUT2D eigenvalue weighted by molar-refractivity contribution is 0.102. The molecule has 4 heteroatoms. The molecule has 3 aromatic rings. The summed E-state index contributed by atoms with van der Waals surface area (Å²) in [6.07, 6.45) is 0. The lowest BCUT2D eigenvalue weighted by Gasteiger charge is -2.09. The average molecular weight is 316 g/mol. The van der Waals surface area contributed by atoms with Gasteiger partial charge in [-0.25, -0.2) is 0 Å². The quantitative estimate of drug-likeness (QED) is 0.674. The first kappa shape index (κ1) is 13.9. The van der Waals surface area contributed by atoms with Crippen molar-refractivity contribution < 1.29 is 4.79 Å². The zero-order chi connectivity index (χ0) is 14.8. The number of carbonyl (C=O) groups is 1. The Hall–Kier alpha value is -2.03. The molecule has 1 N–H and O–H groups in total. The van der Waals surface area contributed by atoms with Crippen molar-refractivity contribution in [2.45, 2.75) is 0 Å². The minimum Gasteiger partial charge on any atom is -0.321 e. The van der Waals surface area contributed by atoms with Gasteiger partial charge in [0.15, 0.2) is 0 Å². The Kier molecular flexibility index (Phi) is 3.82. The van der Waals surface area contributed by atoms with E-state index in [1.165, 1.54) is 0 Å². The zero-order valence-electron chi connectivity index (χ0n) is 10.9. The van der Waals surface area contributed by atoms with Gasteiger partial charge in [-0.3, -0.25) is 4.79 Å². The molecule has 0 radical (unpaired) electrons. The first-order chi connectivity index (χ1) is 10.1.